The van der Waals surface area contributed by atoms with Gasteiger partial charge in [0.1, 0.15) is 18.9 Å². The third kappa shape index (κ3) is 11.3. The quantitative estimate of drug-likeness (QED) is 0.0428. The molecule has 240 valence electrons. The lowest BCUT2D eigenvalue weighted by atomic mass is 10.1. The molecular formula is C35H42N2O7S. The van der Waals surface area contributed by atoms with Crippen LogP contribution >= 0.6 is 12.2 Å². The van der Waals surface area contributed by atoms with Crippen molar-refractivity contribution in [2.45, 2.75) is 77.2 Å². The predicted octanol–water partition coefficient (Wildman–Crippen LogP) is 8.89. The summed E-state index contributed by atoms with van der Waals surface area (Å²) in [6.07, 6.45) is 24.9. The first-order valence-electron chi connectivity index (χ1n) is 15.6. The van der Waals surface area contributed by atoms with E-state index in [-0.39, 0.29) is 29.9 Å². The summed E-state index contributed by atoms with van der Waals surface area (Å²) < 4.78 is 27.5. The molecule has 0 spiro atoms. The number of H-pyrrole nitrogens is 2. The highest BCUT2D eigenvalue weighted by molar-refractivity contribution is 7.80. The summed E-state index contributed by atoms with van der Waals surface area (Å²) in [6, 6.07) is 6.79. The highest BCUT2D eigenvalue weighted by Crippen LogP contribution is 2.19. The van der Waals surface area contributed by atoms with Crippen molar-refractivity contribution in [3.8, 4) is 0 Å². The fourth-order valence-electron chi connectivity index (χ4n) is 4.64. The molecule has 1 atom stereocenters. The number of fused-ring (bicyclic) bond motifs is 2. The van der Waals surface area contributed by atoms with E-state index in [1.165, 1.54) is 6.26 Å². The zero-order chi connectivity index (χ0) is 31.7. The molecule has 0 saturated carbocycles. The van der Waals surface area contributed by atoms with E-state index in [1.54, 1.807) is 30.5 Å². The summed E-state index contributed by atoms with van der Waals surface area (Å²) in [6.45, 7) is 1.88. The topological polar surface area (TPSA) is 120 Å². The maximum Gasteiger partial charge on any atom is 0.355 e. The number of unbranched alkanes of at least 4 members (excludes halogenated alkanes) is 5. The van der Waals surface area contributed by atoms with E-state index in [4.69, 9.17) is 35.3 Å². The SMILES string of the molecule is CCC=CCC=CCC=CCCCCCCCC(=O)OCC(COC(=S)c1cc2occc2[nH]1)OC(=O)c1cc2occc2[nH]1. The van der Waals surface area contributed by atoms with Gasteiger partial charge in [-0.2, -0.15) is 0 Å². The van der Waals surface area contributed by atoms with Crippen molar-refractivity contribution in [3.05, 3.63) is 84.6 Å². The van der Waals surface area contributed by atoms with Gasteiger partial charge in [0.2, 0.25) is 5.05 Å². The molecule has 4 aromatic heterocycles. The second kappa shape index (κ2) is 18.5. The Balaban J connectivity index is 1.14. The number of carbonyl (C=O) groups excluding carboxylic acids is 2. The second-order valence-corrected chi connectivity index (χ2v) is 11.0. The number of aromatic nitrogens is 2. The molecule has 0 amide bonds. The van der Waals surface area contributed by atoms with Gasteiger partial charge in [0.15, 0.2) is 17.3 Å². The lowest BCUT2D eigenvalue weighted by Crippen LogP contribution is -2.31. The molecule has 0 saturated heterocycles. The first-order chi connectivity index (χ1) is 22.0. The first-order valence-corrected chi connectivity index (χ1v) is 16.1. The van der Waals surface area contributed by atoms with Crippen LogP contribution in [-0.2, 0) is 19.0 Å². The largest absolute Gasteiger partial charge is 0.478 e. The molecule has 4 heterocycles. The summed E-state index contributed by atoms with van der Waals surface area (Å²) in [7, 11) is 0. The van der Waals surface area contributed by atoms with Crippen molar-refractivity contribution < 1.29 is 32.6 Å². The maximum atomic E-state index is 12.8. The van der Waals surface area contributed by atoms with Gasteiger partial charge in [-0.1, -0.05) is 62.6 Å². The Morgan fingerprint density at radius 2 is 1.40 bits per heavy atom. The van der Waals surface area contributed by atoms with Gasteiger partial charge in [0.25, 0.3) is 0 Å². The molecule has 0 radical (unpaired) electrons. The van der Waals surface area contributed by atoms with E-state index in [1.807, 2.05) is 0 Å². The Hall–Kier alpha value is -4.31. The number of esters is 2. The van der Waals surface area contributed by atoms with Gasteiger partial charge in [0, 0.05) is 30.7 Å². The summed E-state index contributed by atoms with van der Waals surface area (Å²) >= 11 is 5.40. The summed E-state index contributed by atoms with van der Waals surface area (Å²) in [5, 5.41) is 0.175. The Morgan fingerprint density at radius 3 is 2.11 bits per heavy atom. The van der Waals surface area contributed by atoms with Crippen LogP contribution in [0, 0.1) is 0 Å². The fraction of sp³-hybridized carbons (Fsp3) is 0.400. The van der Waals surface area contributed by atoms with E-state index in [0.717, 1.165) is 63.3 Å². The predicted molar refractivity (Wildman–Crippen MR) is 178 cm³/mol. The summed E-state index contributed by atoms with van der Waals surface area (Å²) in [5.74, 6) is -0.970. The highest BCUT2D eigenvalue weighted by atomic mass is 32.1. The molecule has 0 bridgehead atoms. The Morgan fingerprint density at radius 1 is 0.800 bits per heavy atom. The number of carbonyl (C=O) groups is 2. The van der Waals surface area contributed by atoms with Crippen LogP contribution < -0.4 is 0 Å². The molecule has 0 fully saturated rings. The first kappa shape index (κ1) is 33.6. The minimum atomic E-state index is -0.881. The van der Waals surface area contributed by atoms with Crippen LogP contribution in [0.25, 0.3) is 22.2 Å². The molecule has 0 aliphatic carbocycles. The van der Waals surface area contributed by atoms with Gasteiger partial charge in [-0.3, -0.25) is 4.79 Å². The molecule has 0 aromatic carbocycles. The van der Waals surface area contributed by atoms with Gasteiger partial charge in [-0.25, -0.2) is 4.79 Å². The lowest BCUT2D eigenvalue weighted by molar-refractivity contribution is -0.147. The molecule has 45 heavy (non-hydrogen) atoms. The highest BCUT2D eigenvalue weighted by Gasteiger charge is 2.22. The van der Waals surface area contributed by atoms with Crippen LogP contribution in [0.1, 0.15) is 87.3 Å². The standard InChI is InChI=1S/C35H42N2O7S/c1-2-3-4-5-6-7-8-9-10-11-12-13-14-15-16-17-33(38)42-24-26(44-34(39)29-22-31-27(36-29)18-20-40-31)25-43-35(45)30-23-32-28(37-30)19-21-41-32/h3-4,6-7,9-10,18-23,26,36-37H,2,5,8,11-17,24-25H2,1H3. The number of hydrogen-bond acceptors (Lipinski definition) is 8. The van der Waals surface area contributed by atoms with E-state index >= 15 is 0 Å². The number of hydrogen-bond donors (Lipinski definition) is 2. The average molecular weight is 635 g/mol. The number of furan rings is 2. The minimum absolute atomic E-state index is 0.101. The summed E-state index contributed by atoms with van der Waals surface area (Å²) in [4.78, 5) is 31.4. The molecular weight excluding hydrogens is 592 g/mol. The summed E-state index contributed by atoms with van der Waals surface area (Å²) in [5.41, 5.74) is 3.43. The van der Waals surface area contributed by atoms with E-state index in [0.29, 0.717) is 28.8 Å². The minimum Gasteiger partial charge on any atom is -0.478 e. The number of nitrogens with one attached hydrogen (secondary N) is 2. The van der Waals surface area contributed by atoms with Crippen LogP contribution in [0.2, 0.25) is 0 Å². The molecule has 10 heteroatoms. The number of allylic oxidation sites excluding steroid dienone is 6. The molecule has 1 unspecified atom stereocenters. The van der Waals surface area contributed by atoms with Crippen molar-refractivity contribution in [3.63, 3.8) is 0 Å². The van der Waals surface area contributed by atoms with Gasteiger partial charge < -0.3 is 33.0 Å². The van der Waals surface area contributed by atoms with Crippen LogP contribution in [0.5, 0.6) is 0 Å². The fourth-order valence-corrected chi connectivity index (χ4v) is 4.82. The third-order valence-electron chi connectivity index (χ3n) is 7.06. The van der Waals surface area contributed by atoms with E-state index in [2.05, 4.69) is 53.3 Å². The van der Waals surface area contributed by atoms with Crippen LogP contribution in [0.4, 0.5) is 0 Å². The van der Waals surface area contributed by atoms with E-state index in [9.17, 15) is 9.59 Å². The second-order valence-electron chi connectivity index (χ2n) is 10.7. The zero-order valence-electron chi connectivity index (χ0n) is 25.8. The van der Waals surface area contributed by atoms with Crippen molar-refractivity contribution in [2.75, 3.05) is 13.2 Å². The number of ether oxygens (including phenoxy) is 3. The molecule has 0 aliphatic rings. The van der Waals surface area contributed by atoms with Gasteiger partial charge in [-0.05, 0) is 50.7 Å². The Kier molecular flexibility index (Phi) is 13.8. The molecule has 9 nitrogen and oxygen atoms in total. The Bertz CT molecular complexity index is 1530. The lowest BCUT2D eigenvalue weighted by Gasteiger charge is -2.18. The molecule has 4 aromatic rings. The maximum absolute atomic E-state index is 12.8. The molecule has 0 aliphatic heterocycles. The molecule has 4 rings (SSSR count). The zero-order valence-corrected chi connectivity index (χ0v) is 26.6. The van der Waals surface area contributed by atoms with Gasteiger partial charge in [0.05, 0.1) is 29.3 Å². The van der Waals surface area contributed by atoms with Crippen LogP contribution in [-0.4, -0.2) is 46.3 Å². The van der Waals surface area contributed by atoms with Crippen molar-refractivity contribution >= 4 is 51.4 Å². The van der Waals surface area contributed by atoms with Gasteiger partial charge in [-0.15, -0.1) is 0 Å². The van der Waals surface area contributed by atoms with Crippen molar-refractivity contribution in [1.29, 1.82) is 0 Å². The smallest absolute Gasteiger partial charge is 0.355 e. The van der Waals surface area contributed by atoms with Crippen molar-refractivity contribution in [1.82, 2.24) is 9.97 Å². The normalized spacial score (nSPS) is 12.6. The van der Waals surface area contributed by atoms with Crippen molar-refractivity contribution in [2.24, 2.45) is 0 Å². The van der Waals surface area contributed by atoms with Crippen LogP contribution in [0.3, 0.4) is 0 Å². The van der Waals surface area contributed by atoms with E-state index < -0.39 is 12.1 Å². The Labute approximate surface area is 268 Å². The third-order valence-corrected chi connectivity index (χ3v) is 7.39. The number of aromatic amines is 2. The molecule has 2 N–H and O–H groups in total. The number of rotatable bonds is 20. The average Bonchev–Trinajstić information content (AvgIpc) is 3.82. The van der Waals surface area contributed by atoms with Gasteiger partial charge >= 0.3 is 11.9 Å². The monoisotopic (exact) mass is 634 g/mol. The van der Waals surface area contributed by atoms with Crippen LogP contribution in [0.15, 0.2) is 82.1 Å². The number of thiocarbonyl (C=S) groups is 1.